The van der Waals surface area contributed by atoms with E-state index >= 15 is 0 Å². The van der Waals surface area contributed by atoms with Crippen LogP contribution in [0.2, 0.25) is 5.02 Å². The fourth-order valence-corrected chi connectivity index (χ4v) is 2.08. The smallest absolute Gasteiger partial charge is 0.125 e. The van der Waals surface area contributed by atoms with E-state index in [2.05, 4.69) is 0 Å². The summed E-state index contributed by atoms with van der Waals surface area (Å²) in [6.07, 6.45) is 3.22. The number of hydrogen-bond acceptors (Lipinski definition) is 2. The Morgan fingerprint density at radius 3 is 2.62 bits per heavy atom. The highest BCUT2D eigenvalue weighted by molar-refractivity contribution is 6.31. The molecule has 2 nitrogen and oxygen atoms in total. The van der Waals surface area contributed by atoms with Crippen molar-refractivity contribution in [3.63, 3.8) is 0 Å². The summed E-state index contributed by atoms with van der Waals surface area (Å²) < 4.78 is 13.5. The first-order valence-corrected chi connectivity index (χ1v) is 5.28. The maximum absolute atomic E-state index is 13.5. The molecule has 0 saturated carbocycles. The Morgan fingerprint density at radius 2 is 2.00 bits per heavy atom. The molecule has 16 heavy (non-hydrogen) atoms. The van der Waals surface area contributed by atoms with Crippen molar-refractivity contribution in [1.82, 2.24) is 0 Å². The molecule has 1 aliphatic rings. The van der Waals surface area contributed by atoms with Crippen LogP contribution in [-0.4, -0.2) is 0 Å². The molecule has 0 fully saturated rings. The van der Waals surface area contributed by atoms with Gasteiger partial charge in [0.2, 0.25) is 0 Å². The third-order valence-electron chi connectivity index (χ3n) is 2.70. The molecule has 84 valence electrons. The van der Waals surface area contributed by atoms with Crippen LogP contribution >= 0.6 is 11.6 Å². The van der Waals surface area contributed by atoms with Gasteiger partial charge in [-0.15, -0.1) is 0 Å². The van der Waals surface area contributed by atoms with E-state index in [4.69, 9.17) is 23.1 Å². The van der Waals surface area contributed by atoms with Gasteiger partial charge in [0.15, 0.2) is 0 Å². The topological polar surface area (TPSA) is 52.0 Å². The molecule has 0 aromatic heterocycles. The number of rotatable bonds is 1. The van der Waals surface area contributed by atoms with Gasteiger partial charge in [-0.2, -0.15) is 0 Å². The molecule has 0 spiro atoms. The van der Waals surface area contributed by atoms with Crippen molar-refractivity contribution in [2.45, 2.75) is 12.0 Å². The van der Waals surface area contributed by atoms with Crippen molar-refractivity contribution >= 4 is 11.6 Å². The Balaban J connectivity index is 2.44. The van der Waals surface area contributed by atoms with E-state index < -0.39 is 11.4 Å². The second-order valence-electron chi connectivity index (χ2n) is 3.89. The summed E-state index contributed by atoms with van der Waals surface area (Å²) in [6.45, 7) is 0. The van der Waals surface area contributed by atoms with Gasteiger partial charge in [-0.25, -0.2) is 4.39 Å². The molecule has 1 atom stereocenters. The lowest BCUT2D eigenvalue weighted by Gasteiger charge is -2.29. The summed E-state index contributed by atoms with van der Waals surface area (Å²) in [5.41, 5.74) is 11.5. The monoisotopic (exact) mass is 238 g/mol. The van der Waals surface area contributed by atoms with Gasteiger partial charge < -0.3 is 11.5 Å². The summed E-state index contributed by atoms with van der Waals surface area (Å²) in [4.78, 5) is 0. The van der Waals surface area contributed by atoms with Crippen LogP contribution in [0.15, 0.2) is 47.9 Å². The maximum atomic E-state index is 13.5. The van der Waals surface area contributed by atoms with E-state index in [0.717, 1.165) is 0 Å². The average Bonchev–Trinajstić information content (AvgIpc) is 2.25. The van der Waals surface area contributed by atoms with E-state index in [1.807, 2.05) is 12.1 Å². The largest absolute Gasteiger partial charge is 0.397 e. The lowest BCUT2D eigenvalue weighted by Crippen LogP contribution is -2.37. The number of nitrogens with two attached hydrogens (primary N) is 2. The van der Waals surface area contributed by atoms with Crippen LogP contribution in [0.3, 0.4) is 0 Å². The lowest BCUT2D eigenvalue weighted by atomic mass is 9.84. The van der Waals surface area contributed by atoms with Gasteiger partial charge in [-0.3, -0.25) is 0 Å². The minimum Gasteiger partial charge on any atom is -0.397 e. The Morgan fingerprint density at radius 1 is 1.31 bits per heavy atom. The zero-order chi connectivity index (χ0) is 11.8. The summed E-state index contributed by atoms with van der Waals surface area (Å²) in [5.74, 6) is -0.398. The Kier molecular flexibility index (Phi) is 2.74. The Bertz CT molecular complexity index is 482. The van der Waals surface area contributed by atoms with Crippen molar-refractivity contribution in [2.75, 3.05) is 0 Å². The summed E-state index contributed by atoms with van der Waals surface area (Å²) in [7, 11) is 0. The van der Waals surface area contributed by atoms with Crippen molar-refractivity contribution < 1.29 is 4.39 Å². The molecule has 0 heterocycles. The van der Waals surface area contributed by atoms with Crippen LogP contribution in [0.4, 0.5) is 4.39 Å². The van der Waals surface area contributed by atoms with Crippen LogP contribution in [0.1, 0.15) is 12.0 Å². The van der Waals surface area contributed by atoms with E-state index in [-0.39, 0.29) is 12.1 Å². The fraction of sp³-hybridized carbons (Fsp3) is 0.167. The molecule has 0 aliphatic heterocycles. The fourth-order valence-electron chi connectivity index (χ4n) is 1.77. The molecule has 4 heteroatoms. The van der Waals surface area contributed by atoms with Gasteiger partial charge in [0.05, 0.1) is 11.2 Å². The van der Waals surface area contributed by atoms with Crippen LogP contribution in [0.25, 0.3) is 0 Å². The van der Waals surface area contributed by atoms with Crippen molar-refractivity contribution in [2.24, 2.45) is 11.5 Å². The summed E-state index contributed by atoms with van der Waals surface area (Å²) in [5, 5.41) is 0.530. The molecule has 0 saturated heterocycles. The Hall–Kier alpha value is -1.32. The van der Waals surface area contributed by atoms with Gasteiger partial charge in [-0.05, 0) is 17.7 Å². The van der Waals surface area contributed by atoms with Gasteiger partial charge >= 0.3 is 0 Å². The molecule has 0 amide bonds. The zero-order valence-electron chi connectivity index (χ0n) is 8.58. The van der Waals surface area contributed by atoms with E-state index in [9.17, 15) is 4.39 Å². The average molecular weight is 239 g/mol. The lowest BCUT2D eigenvalue weighted by molar-refractivity contribution is 0.459. The predicted octanol–water partition coefficient (Wildman–Crippen LogP) is 2.59. The second-order valence-corrected chi connectivity index (χ2v) is 4.30. The minimum absolute atomic E-state index is 0.0407. The molecule has 2 rings (SSSR count). The van der Waals surface area contributed by atoms with Crippen LogP contribution < -0.4 is 11.5 Å². The van der Waals surface area contributed by atoms with E-state index in [1.165, 1.54) is 6.08 Å². The standard InChI is InChI=1S/C12H12ClFN2/c13-9-4-2-1-3-8(9)12(16)6-5-11(15)10(14)7-12/h1-6H,7,15-16H2. The van der Waals surface area contributed by atoms with Gasteiger partial charge in [0.25, 0.3) is 0 Å². The third-order valence-corrected chi connectivity index (χ3v) is 3.03. The number of allylic oxidation sites excluding steroid dienone is 1. The molecule has 0 radical (unpaired) electrons. The second kappa shape index (κ2) is 3.92. The van der Waals surface area contributed by atoms with Crippen molar-refractivity contribution in [3.8, 4) is 0 Å². The first-order chi connectivity index (χ1) is 7.53. The van der Waals surface area contributed by atoms with E-state index in [0.29, 0.717) is 10.6 Å². The maximum Gasteiger partial charge on any atom is 0.125 e. The highest BCUT2D eigenvalue weighted by Gasteiger charge is 2.31. The first kappa shape index (κ1) is 11.2. The molecular weight excluding hydrogens is 227 g/mol. The molecule has 1 aromatic carbocycles. The summed E-state index contributed by atoms with van der Waals surface area (Å²) >= 11 is 6.05. The molecule has 1 unspecified atom stereocenters. The molecule has 1 aromatic rings. The highest BCUT2D eigenvalue weighted by atomic mass is 35.5. The molecular formula is C12H12ClFN2. The quantitative estimate of drug-likeness (QED) is 0.790. The van der Waals surface area contributed by atoms with Crippen molar-refractivity contribution in [1.29, 1.82) is 0 Å². The highest BCUT2D eigenvalue weighted by Crippen LogP contribution is 2.35. The molecule has 4 N–H and O–H groups in total. The van der Waals surface area contributed by atoms with Gasteiger partial charge in [-0.1, -0.05) is 35.9 Å². The number of halogens is 2. The van der Waals surface area contributed by atoms with E-state index in [1.54, 1.807) is 18.2 Å². The summed E-state index contributed by atoms with van der Waals surface area (Å²) in [6, 6.07) is 7.16. The van der Waals surface area contributed by atoms with Crippen molar-refractivity contribution in [3.05, 3.63) is 58.5 Å². The predicted molar refractivity (Wildman–Crippen MR) is 63.4 cm³/mol. The number of hydrogen-bond donors (Lipinski definition) is 2. The Labute approximate surface area is 98.4 Å². The SMILES string of the molecule is NC1=C(F)CC(N)(c2ccccc2Cl)C=C1. The third kappa shape index (κ3) is 1.84. The van der Waals surface area contributed by atoms with Gasteiger partial charge in [0, 0.05) is 11.4 Å². The van der Waals surface area contributed by atoms with Crippen LogP contribution in [0.5, 0.6) is 0 Å². The van der Waals surface area contributed by atoms with Crippen LogP contribution in [0, 0.1) is 0 Å². The van der Waals surface area contributed by atoms with Crippen LogP contribution in [-0.2, 0) is 5.54 Å². The molecule has 1 aliphatic carbocycles. The number of benzene rings is 1. The zero-order valence-corrected chi connectivity index (χ0v) is 9.34. The molecule has 0 bridgehead atoms. The first-order valence-electron chi connectivity index (χ1n) is 4.90. The normalized spacial score (nSPS) is 24.9. The van der Waals surface area contributed by atoms with Gasteiger partial charge in [0.1, 0.15) is 5.83 Å². The minimum atomic E-state index is -0.911.